The Balaban J connectivity index is 1.92. The zero-order valence-corrected chi connectivity index (χ0v) is 15.9. The largest absolute Gasteiger partial charge is 0.383 e. The van der Waals surface area contributed by atoms with Crippen molar-refractivity contribution in [3.63, 3.8) is 0 Å². The maximum Gasteiger partial charge on any atom is 0.251 e. The molecular weight excluding hydrogens is 376 g/mol. The van der Waals surface area contributed by atoms with E-state index in [1.54, 1.807) is 19.2 Å². The van der Waals surface area contributed by atoms with Crippen LogP contribution in [0.15, 0.2) is 53.4 Å². The van der Waals surface area contributed by atoms with Crippen LogP contribution in [0.5, 0.6) is 0 Å². The molecule has 0 atom stereocenters. The van der Waals surface area contributed by atoms with Gasteiger partial charge in [-0.15, -0.1) is 0 Å². The van der Waals surface area contributed by atoms with E-state index in [-0.39, 0.29) is 17.3 Å². The summed E-state index contributed by atoms with van der Waals surface area (Å²) < 4.78 is 32.1. The number of ether oxygens (including phenoxy) is 1. The van der Waals surface area contributed by atoms with Crippen LogP contribution in [0.25, 0.3) is 0 Å². The first-order valence-corrected chi connectivity index (χ1v) is 9.90. The fourth-order valence-corrected chi connectivity index (χ4v) is 3.50. The van der Waals surface area contributed by atoms with Crippen molar-refractivity contribution >= 4 is 27.5 Å². The van der Waals surface area contributed by atoms with E-state index in [0.717, 1.165) is 5.56 Å². The summed E-state index contributed by atoms with van der Waals surface area (Å²) >= 11 is 5.91. The molecule has 0 saturated heterocycles. The molecule has 2 aromatic carbocycles. The molecule has 0 heterocycles. The van der Waals surface area contributed by atoms with Crippen LogP contribution in [-0.4, -0.2) is 41.1 Å². The Bertz CT molecular complexity index is 839. The molecule has 0 radical (unpaired) electrons. The van der Waals surface area contributed by atoms with Crippen LogP contribution in [0.4, 0.5) is 0 Å². The molecule has 26 heavy (non-hydrogen) atoms. The number of hydrogen-bond acceptors (Lipinski definition) is 4. The van der Waals surface area contributed by atoms with Crippen LogP contribution in [-0.2, 0) is 21.2 Å². The lowest BCUT2D eigenvalue weighted by atomic mass is 10.2. The molecule has 0 saturated carbocycles. The molecule has 6 nitrogen and oxygen atoms in total. The van der Waals surface area contributed by atoms with E-state index in [1.807, 2.05) is 12.1 Å². The number of rotatable bonds is 9. The summed E-state index contributed by atoms with van der Waals surface area (Å²) in [6.07, 6.45) is 0.528. The Hall–Kier alpha value is -1.93. The van der Waals surface area contributed by atoms with Crippen molar-refractivity contribution in [2.45, 2.75) is 11.3 Å². The van der Waals surface area contributed by atoms with Gasteiger partial charge >= 0.3 is 0 Å². The highest BCUT2D eigenvalue weighted by molar-refractivity contribution is 7.89. The van der Waals surface area contributed by atoms with E-state index in [0.29, 0.717) is 30.2 Å². The highest BCUT2D eigenvalue weighted by atomic mass is 35.5. The monoisotopic (exact) mass is 396 g/mol. The molecule has 8 heteroatoms. The third kappa shape index (κ3) is 6.10. The SMILES string of the molecule is COCCNC(=O)c1ccc(S(=O)(=O)NCCc2cccc(Cl)c2)cc1. The lowest BCUT2D eigenvalue weighted by molar-refractivity contribution is 0.0937. The molecule has 2 rings (SSSR count). The number of benzene rings is 2. The normalized spacial score (nSPS) is 11.3. The van der Waals surface area contributed by atoms with E-state index in [1.165, 1.54) is 24.3 Å². The molecule has 0 aliphatic heterocycles. The van der Waals surface area contributed by atoms with Gasteiger partial charge in [-0.3, -0.25) is 4.79 Å². The van der Waals surface area contributed by atoms with Crippen molar-refractivity contribution in [3.05, 3.63) is 64.7 Å². The predicted molar refractivity (Wildman–Crippen MR) is 101 cm³/mol. The number of hydrogen-bond donors (Lipinski definition) is 2. The summed E-state index contributed by atoms with van der Waals surface area (Å²) in [5.41, 5.74) is 1.34. The number of amides is 1. The van der Waals surface area contributed by atoms with Gasteiger partial charge in [-0.05, 0) is 48.4 Å². The minimum Gasteiger partial charge on any atom is -0.383 e. The molecular formula is C18H21ClN2O4S. The second-order valence-corrected chi connectivity index (χ2v) is 7.75. The van der Waals surface area contributed by atoms with Crippen molar-refractivity contribution in [2.24, 2.45) is 0 Å². The standard InChI is InChI=1S/C18H21ClN2O4S/c1-25-12-11-20-18(22)15-5-7-17(8-6-15)26(23,24)21-10-9-14-3-2-4-16(19)13-14/h2-8,13,21H,9-12H2,1H3,(H,20,22). The number of nitrogens with one attached hydrogen (secondary N) is 2. The maximum atomic E-state index is 12.3. The molecule has 0 bridgehead atoms. The number of carbonyl (C=O) groups excluding carboxylic acids is 1. The Morgan fingerprint density at radius 3 is 2.50 bits per heavy atom. The van der Waals surface area contributed by atoms with Gasteiger partial charge in [0.15, 0.2) is 0 Å². The van der Waals surface area contributed by atoms with Gasteiger partial charge in [0.05, 0.1) is 11.5 Å². The van der Waals surface area contributed by atoms with Gasteiger partial charge < -0.3 is 10.1 Å². The number of halogens is 1. The van der Waals surface area contributed by atoms with Crippen LogP contribution in [0.3, 0.4) is 0 Å². The summed E-state index contributed by atoms with van der Waals surface area (Å²) in [5.74, 6) is -0.278. The maximum absolute atomic E-state index is 12.3. The average molecular weight is 397 g/mol. The van der Waals surface area contributed by atoms with Crippen LogP contribution < -0.4 is 10.0 Å². The third-order valence-corrected chi connectivity index (χ3v) is 5.33. The summed E-state index contributed by atoms with van der Waals surface area (Å²) in [7, 11) is -2.09. The molecule has 0 unspecified atom stereocenters. The summed E-state index contributed by atoms with van der Waals surface area (Å²) in [6, 6.07) is 13.1. The summed E-state index contributed by atoms with van der Waals surface area (Å²) in [4.78, 5) is 12.0. The van der Waals surface area contributed by atoms with E-state index in [2.05, 4.69) is 10.0 Å². The van der Waals surface area contributed by atoms with E-state index >= 15 is 0 Å². The first kappa shape index (κ1) is 20.4. The Morgan fingerprint density at radius 1 is 1.12 bits per heavy atom. The molecule has 140 valence electrons. The zero-order valence-electron chi connectivity index (χ0n) is 14.4. The first-order chi connectivity index (χ1) is 12.4. The van der Waals surface area contributed by atoms with E-state index in [4.69, 9.17) is 16.3 Å². The first-order valence-electron chi connectivity index (χ1n) is 8.04. The number of sulfonamides is 1. The molecule has 0 aromatic heterocycles. The predicted octanol–water partition coefficient (Wildman–Crippen LogP) is 2.24. The second kappa shape index (κ2) is 9.68. The molecule has 2 aromatic rings. The molecule has 0 spiro atoms. The highest BCUT2D eigenvalue weighted by Gasteiger charge is 2.14. The molecule has 0 aliphatic carbocycles. The quantitative estimate of drug-likeness (QED) is 0.636. The molecule has 0 fully saturated rings. The summed E-state index contributed by atoms with van der Waals surface area (Å²) in [6.45, 7) is 1.05. The topological polar surface area (TPSA) is 84.5 Å². The van der Waals surface area contributed by atoms with Crippen molar-refractivity contribution in [1.29, 1.82) is 0 Å². The fourth-order valence-electron chi connectivity index (χ4n) is 2.26. The fraction of sp³-hybridized carbons (Fsp3) is 0.278. The van der Waals surface area contributed by atoms with Gasteiger partial charge in [0, 0.05) is 30.8 Å². The Morgan fingerprint density at radius 2 is 1.85 bits per heavy atom. The molecule has 2 N–H and O–H groups in total. The second-order valence-electron chi connectivity index (χ2n) is 5.55. The third-order valence-electron chi connectivity index (χ3n) is 3.61. The van der Waals surface area contributed by atoms with Crippen molar-refractivity contribution in [2.75, 3.05) is 26.8 Å². The van der Waals surface area contributed by atoms with Crippen molar-refractivity contribution in [3.8, 4) is 0 Å². The van der Waals surface area contributed by atoms with Gasteiger partial charge in [0.1, 0.15) is 0 Å². The zero-order chi connectivity index (χ0) is 19.0. The smallest absolute Gasteiger partial charge is 0.251 e. The average Bonchev–Trinajstić information content (AvgIpc) is 2.62. The van der Waals surface area contributed by atoms with Gasteiger partial charge in [0.25, 0.3) is 5.91 Å². The van der Waals surface area contributed by atoms with Gasteiger partial charge in [-0.25, -0.2) is 13.1 Å². The Kier molecular flexibility index (Phi) is 7.59. The Labute approximate surface area is 158 Å². The van der Waals surface area contributed by atoms with Crippen LogP contribution in [0.1, 0.15) is 15.9 Å². The molecule has 1 amide bonds. The van der Waals surface area contributed by atoms with E-state index < -0.39 is 10.0 Å². The van der Waals surface area contributed by atoms with Crippen molar-refractivity contribution < 1.29 is 17.9 Å². The minimum absolute atomic E-state index is 0.108. The van der Waals surface area contributed by atoms with Gasteiger partial charge in [0.2, 0.25) is 10.0 Å². The van der Waals surface area contributed by atoms with Crippen LogP contribution in [0, 0.1) is 0 Å². The van der Waals surface area contributed by atoms with Crippen LogP contribution >= 0.6 is 11.6 Å². The minimum atomic E-state index is -3.64. The molecule has 0 aliphatic rings. The lowest BCUT2D eigenvalue weighted by Gasteiger charge is -2.08. The van der Waals surface area contributed by atoms with Gasteiger partial charge in [-0.1, -0.05) is 23.7 Å². The highest BCUT2D eigenvalue weighted by Crippen LogP contribution is 2.13. The van der Waals surface area contributed by atoms with Crippen molar-refractivity contribution in [1.82, 2.24) is 10.0 Å². The number of methoxy groups -OCH3 is 1. The van der Waals surface area contributed by atoms with Gasteiger partial charge in [-0.2, -0.15) is 0 Å². The van der Waals surface area contributed by atoms with Crippen LogP contribution in [0.2, 0.25) is 5.02 Å². The summed E-state index contributed by atoms with van der Waals surface area (Å²) in [5, 5.41) is 3.29. The van der Waals surface area contributed by atoms with E-state index in [9.17, 15) is 13.2 Å². The number of carbonyl (C=O) groups is 1. The lowest BCUT2D eigenvalue weighted by Crippen LogP contribution is -2.27.